The zero-order chi connectivity index (χ0) is 15.1. The Hall–Kier alpha value is -2.62. The molecule has 2 aromatic carbocycles. The van der Waals surface area contributed by atoms with Crippen molar-refractivity contribution < 1.29 is 4.79 Å². The molecule has 3 aromatic rings. The number of aryl methyl sites for hydroxylation is 2. The molecule has 0 saturated carbocycles. The van der Waals surface area contributed by atoms with Crippen molar-refractivity contribution in [2.45, 2.75) is 19.8 Å². The second-order valence-electron chi connectivity index (χ2n) is 5.83. The van der Waals surface area contributed by atoms with E-state index in [2.05, 4.69) is 35.1 Å². The lowest BCUT2D eigenvalue weighted by Gasteiger charge is -2.30. The van der Waals surface area contributed by atoms with E-state index in [4.69, 9.17) is 0 Å². The molecule has 1 N–H and O–H groups in total. The molecule has 4 rings (SSSR count). The first kappa shape index (κ1) is 13.1. The quantitative estimate of drug-likeness (QED) is 0.746. The monoisotopic (exact) mass is 291 g/mol. The van der Waals surface area contributed by atoms with Gasteiger partial charge in [0.25, 0.3) is 5.91 Å². The minimum Gasteiger partial charge on any atom is -0.345 e. The topological polar surface area (TPSA) is 49.0 Å². The number of carbonyl (C=O) groups is 1. The number of rotatable bonds is 1. The number of nitrogens with one attached hydrogen (secondary N) is 1. The van der Waals surface area contributed by atoms with Gasteiger partial charge in [-0.1, -0.05) is 17.7 Å². The van der Waals surface area contributed by atoms with E-state index < -0.39 is 0 Å². The maximum absolute atomic E-state index is 12.9. The standard InChI is InChI=1S/C18H17N3O/c1-12-4-7-17-13(9-12)3-2-8-21(17)18(22)14-5-6-15-16(10-14)20-11-19-15/h4-7,9-11H,2-3,8H2,1H3,(H,19,20). The maximum Gasteiger partial charge on any atom is 0.258 e. The molecule has 0 fully saturated rings. The van der Waals surface area contributed by atoms with Crippen LogP contribution in [0.2, 0.25) is 0 Å². The Labute approximate surface area is 128 Å². The van der Waals surface area contributed by atoms with Gasteiger partial charge in [-0.25, -0.2) is 4.98 Å². The molecule has 1 aromatic heterocycles. The molecule has 0 atom stereocenters. The average Bonchev–Trinajstić information content (AvgIpc) is 3.00. The van der Waals surface area contributed by atoms with Crippen molar-refractivity contribution >= 4 is 22.6 Å². The SMILES string of the molecule is Cc1ccc2c(c1)CCCN2C(=O)c1ccc2nc[nH]c2c1. The minimum absolute atomic E-state index is 0.0568. The fraction of sp³-hybridized carbons (Fsp3) is 0.222. The number of amides is 1. The van der Waals surface area contributed by atoms with E-state index in [9.17, 15) is 4.79 Å². The molecule has 0 saturated heterocycles. The lowest BCUT2D eigenvalue weighted by atomic mass is 9.99. The van der Waals surface area contributed by atoms with E-state index in [0.29, 0.717) is 5.56 Å². The van der Waals surface area contributed by atoms with Crippen LogP contribution in [-0.4, -0.2) is 22.4 Å². The third-order valence-electron chi connectivity index (χ3n) is 4.27. The smallest absolute Gasteiger partial charge is 0.258 e. The second kappa shape index (κ2) is 4.98. The van der Waals surface area contributed by atoms with Gasteiger partial charge >= 0.3 is 0 Å². The molecule has 4 nitrogen and oxygen atoms in total. The highest BCUT2D eigenvalue weighted by molar-refractivity contribution is 6.08. The van der Waals surface area contributed by atoms with Gasteiger partial charge in [-0.15, -0.1) is 0 Å². The first-order valence-electron chi connectivity index (χ1n) is 7.57. The third-order valence-corrected chi connectivity index (χ3v) is 4.27. The fourth-order valence-corrected chi connectivity index (χ4v) is 3.16. The summed E-state index contributed by atoms with van der Waals surface area (Å²) in [5.41, 5.74) is 6.03. The van der Waals surface area contributed by atoms with Crippen molar-refractivity contribution in [3.63, 3.8) is 0 Å². The number of fused-ring (bicyclic) bond motifs is 2. The minimum atomic E-state index is 0.0568. The number of anilines is 1. The first-order chi connectivity index (χ1) is 10.7. The van der Waals surface area contributed by atoms with Crippen LogP contribution < -0.4 is 4.90 Å². The molecule has 1 aliphatic rings. The van der Waals surface area contributed by atoms with E-state index in [1.165, 1.54) is 11.1 Å². The normalized spacial score (nSPS) is 14.1. The average molecular weight is 291 g/mol. The summed E-state index contributed by atoms with van der Waals surface area (Å²) in [7, 11) is 0. The predicted molar refractivity (Wildman–Crippen MR) is 87.3 cm³/mol. The lowest BCUT2D eigenvalue weighted by molar-refractivity contribution is 0.0985. The number of carbonyl (C=O) groups excluding carboxylic acids is 1. The van der Waals surface area contributed by atoms with Crippen molar-refractivity contribution in [3.8, 4) is 0 Å². The van der Waals surface area contributed by atoms with Crippen LogP contribution in [0.25, 0.3) is 11.0 Å². The number of aromatic amines is 1. The van der Waals surface area contributed by atoms with Gasteiger partial charge in [0.05, 0.1) is 17.4 Å². The molecular formula is C18H17N3O. The molecule has 110 valence electrons. The van der Waals surface area contributed by atoms with Crippen LogP contribution in [0.4, 0.5) is 5.69 Å². The number of hydrogen-bond acceptors (Lipinski definition) is 2. The van der Waals surface area contributed by atoms with E-state index in [1.54, 1.807) is 6.33 Å². The highest BCUT2D eigenvalue weighted by atomic mass is 16.2. The molecule has 1 amide bonds. The molecular weight excluding hydrogens is 274 g/mol. The van der Waals surface area contributed by atoms with E-state index in [0.717, 1.165) is 36.1 Å². The molecule has 0 aliphatic carbocycles. The van der Waals surface area contributed by atoms with Crippen LogP contribution in [0.15, 0.2) is 42.7 Å². The fourth-order valence-electron chi connectivity index (χ4n) is 3.16. The summed E-state index contributed by atoms with van der Waals surface area (Å²) >= 11 is 0. The summed E-state index contributed by atoms with van der Waals surface area (Å²) in [6.07, 6.45) is 3.70. The Kier molecular flexibility index (Phi) is 2.96. The number of nitrogens with zero attached hydrogens (tertiary/aromatic N) is 2. The Balaban J connectivity index is 1.74. The van der Waals surface area contributed by atoms with E-state index in [1.807, 2.05) is 23.1 Å². The van der Waals surface area contributed by atoms with Gasteiger partial charge in [0, 0.05) is 17.8 Å². The van der Waals surface area contributed by atoms with Crippen LogP contribution in [0, 0.1) is 6.92 Å². The zero-order valence-corrected chi connectivity index (χ0v) is 12.5. The summed E-state index contributed by atoms with van der Waals surface area (Å²) in [5, 5.41) is 0. The first-order valence-corrected chi connectivity index (χ1v) is 7.57. The number of imidazole rings is 1. The molecule has 0 radical (unpaired) electrons. The van der Waals surface area contributed by atoms with Gasteiger partial charge in [0.1, 0.15) is 0 Å². The van der Waals surface area contributed by atoms with Gasteiger partial charge in [0.2, 0.25) is 0 Å². The van der Waals surface area contributed by atoms with Crippen LogP contribution >= 0.6 is 0 Å². The summed E-state index contributed by atoms with van der Waals surface area (Å²) < 4.78 is 0. The number of benzene rings is 2. The van der Waals surface area contributed by atoms with E-state index >= 15 is 0 Å². The zero-order valence-electron chi connectivity index (χ0n) is 12.5. The number of aromatic nitrogens is 2. The second-order valence-corrected chi connectivity index (χ2v) is 5.83. The van der Waals surface area contributed by atoms with Crippen molar-refractivity contribution in [1.82, 2.24) is 9.97 Å². The summed E-state index contributed by atoms with van der Waals surface area (Å²) in [6.45, 7) is 2.86. The van der Waals surface area contributed by atoms with Crippen LogP contribution in [0.1, 0.15) is 27.9 Å². The predicted octanol–water partition coefficient (Wildman–Crippen LogP) is 3.46. The molecule has 0 bridgehead atoms. The van der Waals surface area contributed by atoms with Gasteiger partial charge in [-0.3, -0.25) is 4.79 Å². The van der Waals surface area contributed by atoms with Gasteiger partial charge in [0.15, 0.2) is 0 Å². The molecule has 1 aliphatic heterocycles. The molecule has 2 heterocycles. The van der Waals surface area contributed by atoms with Crippen LogP contribution in [0.3, 0.4) is 0 Å². The van der Waals surface area contributed by atoms with Crippen molar-refractivity contribution in [2.24, 2.45) is 0 Å². The molecule has 0 unspecified atom stereocenters. The molecule has 0 spiro atoms. The molecule has 22 heavy (non-hydrogen) atoms. The Morgan fingerprint density at radius 1 is 1.23 bits per heavy atom. The number of hydrogen-bond donors (Lipinski definition) is 1. The van der Waals surface area contributed by atoms with Crippen molar-refractivity contribution in [2.75, 3.05) is 11.4 Å². The van der Waals surface area contributed by atoms with Gasteiger partial charge in [-0.2, -0.15) is 0 Å². The highest BCUT2D eigenvalue weighted by Gasteiger charge is 2.23. The van der Waals surface area contributed by atoms with Gasteiger partial charge in [-0.05, 0) is 49.6 Å². The largest absolute Gasteiger partial charge is 0.345 e. The van der Waals surface area contributed by atoms with Crippen molar-refractivity contribution in [1.29, 1.82) is 0 Å². The van der Waals surface area contributed by atoms with Crippen molar-refractivity contribution in [3.05, 3.63) is 59.4 Å². The Morgan fingerprint density at radius 3 is 3.05 bits per heavy atom. The lowest BCUT2D eigenvalue weighted by Crippen LogP contribution is -2.35. The van der Waals surface area contributed by atoms with Gasteiger partial charge < -0.3 is 9.88 Å². The Bertz CT molecular complexity index is 866. The maximum atomic E-state index is 12.9. The summed E-state index contributed by atoms with van der Waals surface area (Å²) in [6, 6.07) is 12.0. The highest BCUT2D eigenvalue weighted by Crippen LogP contribution is 2.29. The Morgan fingerprint density at radius 2 is 2.14 bits per heavy atom. The van der Waals surface area contributed by atoms with Crippen LogP contribution in [-0.2, 0) is 6.42 Å². The summed E-state index contributed by atoms with van der Waals surface area (Å²) in [5.74, 6) is 0.0568. The third kappa shape index (κ3) is 2.08. The van der Waals surface area contributed by atoms with Crippen LogP contribution in [0.5, 0.6) is 0 Å². The molecule has 4 heteroatoms. The van der Waals surface area contributed by atoms with E-state index in [-0.39, 0.29) is 5.91 Å². The number of H-pyrrole nitrogens is 1. The summed E-state index contributed by atoms with van der Waals surface area (Å²) in [4.78, 5) is 22.1.